The summed E-state index contributed by atoms with van der Waals surface area (Å²) in [6, 6.07) is 6.82. The number of hydrogen-bond donors (Lipinski definition) is 1. The topological polar surface area (TPSA) is 89.9 Å². The van der Waals surface area contributed by atoms with E-state index in [1.165, 1.54) is 7.11 Å². The Morgan fingerprint density at radius 1 is 1.35 bits per heavy atom. The fraction of sp³-hybridized carbons (Fsp3) is 0.222. The second-order valence-corrected chi connectivity index (χ2v) is 4.63. The lowest BCUT2D eigenvalue weighted by molar-refractivity contribution is 0.0600. The highest BCUT2D eigenvalue weighted by Crippen LogP contribution is 2.12. The summed E-state index contributed by atoms with van der Waals surface area (Å²) in [7, 11) is 2.76. The number of methoxy groups -OCH3 is 2. The van der Waals surface area contributed by atoms with Gasteiger partial charge in [0.15, 0.2) is 0 Å². The van der Waals surface area contributed by atoms with Gasteiger partial charge in [-0.1, -0.05) is 6.07 Å². The highest BCUT2D eigenvalue weighted by molar-refractivity contribution is 8.09. The maximum atomic E-state index is 11.0. The third-order valence-electron chi connectivity index (χ3n) is 1.49. The van der Waals surface area contributed by atoms with Crippen LogP contribution in [-0.2, 0) is 14.1 Å². The van der Waals surface area contributed by atoms with E-state index in [9.17, 15) is 4.79 Å². The fourth-order valence-electron chi connectivity index (χ4n) is 0.868. The zero-order valence-electron chi connectivity index (χ0n) is 9.08. The number of benzene rings is 1. The Morgan fingerprint density at radius 2 is 1.88 bits per heavy atom. The van der Waals surface area contributed by atoms with Gasteiger partial charge >= 0.3 is 15.3 Å². The molecule has 1 N–H and O–H groups in total. The molecule has 6 nitrogen and oxygen atoms in total. The van der Waals surface area contributed by atoms with Gasteiger partial charge in [0.1, 0.15) is 5.75 Å². The van der Waals surface area contributed by atoms with E-state index in [1.54, 1.807) is 31.4 Å². The first-order valence-electron chi connectivity index (χ1n) is 4.17. The summed E-state index contributed by atoms with van der Waals surface area (Å²) in [5.74, 6) is 0.298. The van der Waals surface area contributed by atoms with Crippen LogP contribution in [-0.4, -0.2) is 33.2 Å². The van der Waals surface area contributed by atoms with Crippen molar-refractivity contribution in [3.05, 3.63) is 29.8 Å². The molecule has 0 bridgehead atoms. The minimum absolute atomic E-state index is 0.353. The molecule has 0 aliphatic carbocycles. The molecule has 1 aromatic rings. The lowest BCUT2D eigenvalue weighted by Gasteiger charge is -2.01. The molecule has 1 rings (SSSR count). The van der Waals surface area contributed by atoms with Gasteiger partial charge in [0.2, 0.25) is 0 Å². The molecule has 0 saturated heterocycles. The monoisotopic (exact) mass is 282 g/mol. The molecule has 0 heterocycles. The van der Waals surface area contributed by atoms with Crippen molar-refractivity contribution < 1.29 is 27.2 Å². The Morgan fingerprint density at radius 3 is 2.29 bits per heavy atom. The SMILES string of the molecule is COC(=O)c1cccc(OC)c1.O=S(=O)(O)Cl. The summed E-state index contributed by atoms with van der Waals surface area (Å²) in [4.78, 5) is 11.0. The predicted octanol–water partition coefficient (Wildman–Crippen LogP) is 1.51. The van der Waals surface area contributed by atoms with E-state index in [1.807, 2.05) is 0 Å². The molecule has 0 fully saturated rings. The van der Waals surface area contributed by atoms with Crippen molar-refractivity contribution in [2.45, 2.75) is 0 Å². The Bertz CT molecular complexity index is 462. The molecule has 0 atom stereocenters. The average Bonchev–Trinajstić information content (AvgIpc) is 2.26. The van der Waals surface area contributed by atoms with Crippen LogP contribution in [0, 0.1) is 0 Å². The molecule has 0 amide bonds. The summed E-state index contributed by atoms with van der Waals surface area (Å²) in [5.41, 5.74) is 0.497. The largest absolute Gasteiger partial charge is 0.497 e. The van der Waals surface area contributed by atoms with Crippen molar-refractivity contribution in [3.8, 4) is 5.75 Å². The van der Waals surface area contributed by atoms with Crippen molar-refractivity contribution in [1.82, 2.24) is 0 Å². The van der Waals surface area contributed by atoms with E-state index < -0.39 is 9.33 Å². The third kappa shape index (κ3) is 8.49. The van der Waals surface area contributed by atoms with Crippen LogP contribution < -0.4 is 4.74 Å². The van der Waals surface area contributed by atoms with Gasteiger partial charge in [-0.05, 0) is 18.2 Å². The molecule has 1 aromatic carbocycles. The van der Waals surface area contributed by atoms with Crippen molar-refractivity contribution >= 4 is 26.0 Å². The molecule has 0 aliphatic heterocycles. The fourth-order valence-corrected chi connectivity index (χ4v) is 0.868. The molecule has 0 saturated carbocycles. The molecule has 8 heteroatoms. The smallest absolute Gasteiger partial charge is 0.353 e. The zero-order valence-corrected chi connectivity index (χ0v) is 10.7. The predicted molar refractivity (Wildman–Crippen MR) is 61.7 cm³/mol. The minimum Gasteiger partial charge on any atom is -0.497 e. The molecule has 0 unspecified atom stereocenters. The first-order valence-corrected chi connectivity index (χ1v) is 6.44. The van der Waals surface area contributed by atoms with Crippen molar-refractivity contribution in [3.63, 3.8) is 0 Å². The second-order valence-electron chi connectivity index (χ2n) is 2.64. The number of halogens is 1. The minimum atomic E-state index is -4.19. The van der Waals surface area contributed by atoms with Gasteiger partial charge in [-0.15, -0.1) is 0 Å². The molecule has 0 aliphatic rings. The number of carbonyl (C=O) groups is 1. The van der Waals surface area contributed by atoms with E-state index >= 15 is 0 Å². The van der Waals surface area contributed by atoms with Crippen molar-refractivity contribution in [2.24, 2.45) is 0 Å². The van der Waals surface area contributed by atoms with Crippen molar-refractivity contribution in [1.29, 1.82) is 0 Å². The van der Waals surface area contributed by atoms with Crippen LogP contribution in [0.15, 0.2) is 24.3 Å². The Labute approximate surface area is 103 Å². The third-order valence-corrected chi connectivity index (χ3v) is 1.49. The average molecular weight is 283 g/mol. The summed E-state index contributed by atoms with van der Waals surface area (Å²) in [6.07, 6.45) is 0. The standard InChI is InChI=1S/C9H10O3.ClHO3S/c1-11-8-5-3-4-7(6-8)9(10)12-2;1-5(2,3)4/h3-6H,1-2H3;(H,2,3,4). The Balaban J connectivity index is 0.000000437. The molecule has 96 valence electrons. The number of carbonyl (C=O) groups excluding carboxylic acids is 1. The van der Waals surface area contributed by atoms with Crippen LogP contribution in [0.25, 0.3) is 0 Å². The Kier molecular flexibility index (Phi) is 6.55. The first-order chi connectivity index (χ1) is 7.77. The quantitative estimate of drug-likeness (QED) is 0.502. The molecule has 0 aromatic heterocycles. The second kappa shape index (κ2) is 7.10. The van der Waals surface area contributed by atoms with Gasteiger partial charge in [-0.3, -0.25) is 4.55 Å². The summed E-state index contributed by atoms with van der Waals surface area (Å²) in [5, 5.41) is 0. The molecular formula is C9H11ClO6S. The highest BCUT2D eigenvalue weighted by Gasteiger charge is 2.04. The lowest BCUT2D eigenvalue weighted by Crippen LogP contribution is -2.00. The van der Waals surface area contributed by atoms with E-state index in [-0.39, 0.29) is 5.97 Å². The normalized spacial score (nSPS) is 9.88. The summed E-state index contributed by atoms with van der Waals surface area (Å²) < 4.78 is 34.6. The molecule has 0 radical (unpaired) electrons. The first kappa shape index (κ1) is 15.7. The zero-order chi connectivity index (χ0) is 13.5. The van der Waals surface area contributed by atoms with Crippen molar-refractivity contribution in [2.75, 3.05) is 14.2 Å². The number of ether oxygens (including phenoxy) is 2. The van der Waals surface area contributed by atoms with Gasteiger partial charge in [0, 0.05) is 10.7 Å². The van der Waals surface area contributed by atoms with Gasteiger partial charge < -0.3 is 9.47 Å². The summed E-state index contributed by atoms with van der Waals surface area (Å²) >= 11 is 0. The van der Waals surface area contributed by atoms with E-state index in [2.05, 4.69) is 15.4 Å². The van der Waals surface area contributed by atoms with Gasteiger partial charge in [0.25, 0.3) is 0 Å². The van der Waals surface area contributed by atoms with Gasteiger partial charge in [0.05, 0.1) is 19.8 Å². The Hall–Kier alpha value is -1.31. The molecule has 17 heavy (non-hydrogen) atoms. The van der Waals surface area contributed by atoms with E-state index in [0.29, 0.717) is 11.3 Å². The molecular weight excluding hydrogens is 272 g/mol. The van der Waals surface area contributed by atoms with Crippen LogP contribution in [0.2, 0.25) is 0 Å². The highest BCUT2D eigenvalue weighted by atomic mass is 35.7. The van der Waals surface area contributed by atoms with Crippen LogP contribution in [0.3, 0.4) is 0 Å². The van der Waals surface area contributed by atoms with Crippen LogP contribution in [0.4, 0.5) is 0 Å². The maximum absolute atomic E-state index is 11.0. The van der Waals surface area contributed by atoms with E-state index in [0.717, 1.165) is 0 Å². The summed E-state index contributed by atoms with van der Waals surface area (Å²) in [6.45, 7) is 0. The molecule has 0 spiro atoms. The van der Waals surface area contributed by atoms with Crippen LogP contribution in [0.1, 0.15) is 10.4 Å². The lowest BCUT2D eigenvalue weighted by atomic mass is 10.2. The number of rotatable bonds is 2. The van der Waals surface area contributed by atoms with Crippen LogP contribution in [0.5, 0.6) is 5.75 Å². The van der Waals surface area contributed by atoms with Gasteiger partial charge in [-0.25, -0.2) is 4.79 Å². The number of esters is 1. The van der Waals surface area contributed by atoms with E-state index in [4.69, 9.17) is 17.7 Å². The van der Waals surface area contributed by atoms with Crippen LogP contribution >= 0.6 is 10.7 Å². The maximum Gasteiger partial charge on any atom is 0.353 e. The number of hydrogen-bond acceptors (Lipinski definition) is 5. The van der Waals surface area contributed by atoms with Gasteiger partial charge in [-0.2, -0.15) is 8.42 Å².